The number of hydrogen-bond donors (Lipinski definition) is 0. The lowest BCUT2D eigenvalue weighted by atomic mass is 10.1. The molecule has 2 aromatic heterocycles. The summed E-state index contributed by atoms with van der Waals surface area (Å²) < 4.78 is 7.23. The van der Waals surface area contributed by atoms with Crippen LogP contribution >= 0.6 is 0 Å². The van der Waals surface area contributed by atoms with Gasteiger partial charge in [-0.1, -0.05) is 18.2 Å². The summed E-state index contributed by atoms with van der Waals surface area (Å²) in [6.07, 6.45) is 3.08. The van der Waals surface area contributed by atoms with E-state index < -0.39 is 0 Å². The summed E-state index contributed by atoms with van der Waals surface area (Å²) >= 11 is 0. The highest BCUT2D eigenvalue weighted by Gasteiger charge is 2.26. The molecule has 8 nitrogen and oxygen atoms in total. The first-order valence-electron chi connectivity index (χ1n) is 8.82. The van der Waals surface area contributed by atoms with Crippen LogP contribution in [0.5, 0.6) is 5.88 Å². The number of carbonyl (C=O) groups is 1. The topological polar surface area (TPSA) is 90.2 Å². The molecule has 0 unspecified atom stereocenters. The first-order valence-corrected chi connectivity index (χ1v) is 8.82. The van der Waals surface area contributed by atoms with Crippen LogP contribution in [-0.2, 0) is 7.05 Å². The Morgan fingerprint density at radius 2 is 1.93 bits per heavy atom. The first kappa shape index (κ1) is 17.1. The summed E-state index contributed by atoms with van der Waals surface area (Å²) in [5, 5.41) is 14.1. The second-order valence-electron chi connectivity index (χ2n) is 6.53. The number of aromatic nitrogens is 4. The fourth-order valence-electron chi connectivity index (χ4n) is 3.20. The second-order valence-corrected chi connectivity index (χ2v) is 6.53. The molecule has 1 saturated heterocycles. The second kappa shape index (κ2) is 7.14. The van der Waals surface area contributed by atoms with E-state index in [2.05, 4.69) is 15.3 Å². The van der Waals surface area contributed by atoms with Crippen molar-refractivity contribution < 1.29 is 9.53 Å². The molecule has 138 valence electrons. The van der Waals surface area contributed by atoms with Crippen LogP contribution < -0.4 is 10.3 Å². The maximum absolute atomic E-state index is 12.6. The van der Waals surface area contributed by atoms with E-state index in [9.17, 15) is 9.59 Å². The Bertz CT molecular complexity index is 1040. The van der Waals surface area contributed by atoms with Gasteiger partial charge in [0.05, 0.1) is 6.20 Å². The van der Waals surface area contributed by atoms with Crippen molar-refractivity contribution >= 4 is 16.7 Å². The van der Waals surface area contributed by atoms with Crippen LogP contribution in [0, 0.1) is 0 Å². The Hall–Kier alpha value is -3.29. The fourth-order valence-corrected chi connectivity index (χ4v) is 3.20. The van der Waals surface area contributed by atoms with E-state index in [1.807, 2.05) is 24.3 Å². The molecule has 0 bridgehead atoms. The van der Waals surface area contributed by atoms with Crippen LogP contribution in [0.4, 0.5) is 0 Å². The Morgan fingerprint density at radius 1 is 1.15 bits per heavy atom. The maximum Gasteiger partial charge on any atom is 0.274 e. The number of nitrogens with zero attached hydrogens (tertiary/aromatic N) is 5. The van der Waals surface area contributed by atoms with E-state index in [0.717, 1.165) is 10.8 Å². The SMILES string of the molecule is Cn1nc(C(=O)N2CCC(Oc3nncc4ccccc34)CC2)ccc1=O. The number of benzene rings is 1. The van der Waals surface area contributed by atoms with Gasteiger partial charge in [-0.25, -0.2) is 4.68 Å². The van der Waals surface area contributed by atoms with Crippen molar-refractivity contribution in [1.82, 2.24) is 24.9 Å². The van der Waals surface area contributed by atoms with E-state index in [-0.39, 0.29) is 23.3 Å². The third kappa shape index (κ3) is 3.51. The molecule has 0 atom stereocenters. The van der Waals surface area contributed by atoms with Crippen LogP contribution in [0.1, 0.15) is 23.3 Å². The van der Waals surface area contributed by atoms with Crippen LogP contribution in [0.2, 0.25) is 0 Å². The number of aryl methyl sites for hydroxylation is 1. The molecule has 27 heavy (non-hydrogen) atoms. The number of ether oxygens (including phenoxy) is 1. The minimum Gasteiger partial charge on any atom is -0.473 e. The highest BCUT2D eigenvalue weighted by atomic mass is 16.5. The molecule has 4 rings (SSSR count). The molecule has 1 aliphatic heterocycles. The van der Waals surface area contributed by atoms with Crippen molar-refractivity contribution in [1.29, 1.82) is 0 Å². The summed E-state index contributed by atoms with van der Waals surface area (Å²) in [5.41, 5.74) is 0.0336. The molecule has 3 aromatic rings. The molecule has 1 amide bonds. The Morgan fingerprint density at radius 3 is 2.70 bits per heavy atom. The predicted molar refractivity (Wildman–Crippen MR) is 98.6 cm³/mol. The number of hydrogen-bond acceptors (Lipinski definition) is 6. The quantitative estimate of drug-likeness (QED) is 0.697. The molecule has 3 heterocycles. The normalized spacial score (nSPS) is 15.1. The van der Waals surface area contributed by atoms with Gasteiger partial charge in [0.25, 0.3) is 11.5 Å². The van der Waals surface area contributed by atoms with Gasteiger partial charge in [-0.05, 0) is 12.1 Å². The molecular weight excluding hydrogens is 346 g/mol. The lowest BCUT2D eigenvalue weighted by Gasteiger charge is -2.31. The molecule has 0 N–H and O–H groups in total. The van der Waals surface area contributed by atoms with Crippen LogP contribution in [-0.4, -0.2) is 50.0 Å². The number of rotatable bonds is 3. The summed E-state index contributed by atoms with van der Waals surface area (Å²) in [6.45, 7) is 1.12. The van der Waals surface area contributed by atoms with Crippen LogP contribution in [0.15, 0.2) is 47.4 Å². The maximum atomic E-state index is 12.6. The van der Waals surface area contributed by atoms with Crippen molar-refractivity contribution in [2.24, 2.45) is 7.05 Å². The van der Waals surface area contributed by atoms with E-state index >= 15 is 0 Å². The standard InChI is InChI=1S/C19H19N5O3/c1-23-17(25)7-6-16(22-23)19(26)24-10-8-14(9-11-24)27-18-15-5-3-2-4-13(15)12-20-21-18/h2-7,12,14H,8-11H2,1H3. The Balaban J connectivity index is 1.42. The molecular formula is C19H19N5O3. The summed E-state index contributed by atoms with van der Waals surface area (Å²) in [7, 11) is 1.53. The molecule has 1 fully saturated rings. The van der Waals surface area contributed by atoms with Gasteiger partial charge in [-0.3, -0.25) is 9.59 Å². The van der Waals surface area contributed by atoms with Gasteiger partial charge in [0.15, 0.2) is 0 Å². The van der Waals surface area contributed by atoms with Gasteiger partial charge in [0.1, 0.15) is 11.8 Å². The van der Waals surface area contributed by atoms with Gasteiger partial charge >= 0.3 is 0 Å². The van der Waals surface area contributed by atoms with Gasteiger partial charge in [0.2, 0.25) is 5.88 Å². The van der Waals surface area contributed by atoms with Crippen molar-refractivity contribution in [3.63, 3.8) is 0 Å². The zero-order chi connectivity index (χ0) is 18.8. The highest BCUT2D eigenvalue weighted by molar-refractivity contribution is 5.92. The van der Waals surface area contributed by atoms with Gasteiger partial charge in [-0.15, -0.1) is 5.10 Å². The minimum atomic E-state index is -0.241. The number of piperidine rings is 1. The average molecular weight is 365 g/mol. The van der Waals surface area contributed by atoms with E-state index in [1.54, 1.807) is 11.1 Å². The molecule has 0 saturated carbocycles. The van der Waals surface area contributed by atoms with Crippen molar-refractivity contribution in [3.05, 3.63) is 58.6 Å². The Labute approximate surface area is 155 Å². The number of amides is 1. The zero-order valence-electron chi connectivity index (χ0n) is 14.9. The minimum absolute atomic E-state index is 0.0257. The zero-order valence-corrected chi connectivity index (χ0v) is 14.9. The summed E-state index contributed by atoms with van der Waals surface area (Å²) in [5.74, 6) is 0.353. The molecule has 0 aliphatic carbocycles. The predicted octanol–water partition coefficient (Wildman–Crippen LogP) is 1.41. The van der Waals surface area contributed by atoms with Crippen molar-refractivity contribution in [2.75, 3.05) is 13.1 Å². The number of carbonyl (C=O) groups excluding carboxylic acids is 1. The van der Waals surface area contributed by atoms with Gasteiger partial charge < -0.3 is 9.64 Å². The molecule has 8 heteroatoms. The van der Waals surface area contributed by atoms with Gasteiger partial charge in [-0.2, -0.15) is 10.2 Å². The van der Waals surface area contributed by atoms with Crippen molar-refractivity contribution in [2.45, 2.75) is 18.9 Å². The fraction of sp³-hybridized carbons (Fsp3) is 0.316. The Kier molecular flexibility index (Phi) is 4.53. The summed E-state index contributed by atoms with van der Waals surface area (Å²) in [6, 6.07) is 10.7. The summed E-state index contributed by atoms with van der Waals surface area (Å²) in [4.78, 5) is 25.8. The molecule has 1 aromatic carbocycles. The lowest BCUT2D eigenvalue weighted by Crippen LogP contribution is -2.42. The number of fused-ring (bicyclic) bond motifs is 1. The van der Waals surface area contributed by atoms with Gasteiger partial charge in [0, 0.05) is 49.8 Å². The average Bonchev–Trinajstić information content (AvgIpc) is 2.70. The largest absolute Gasteiger partial charge is 0.473 e. The van der Waals surface area contributed by atoms with E-state index in [0.29, 0.717) is 31.8 Å². The molecule has 0 radical (unpaired) electrons. The van der Waals surface area contributed by atoms with Crippen molar-refractivity contribution in [3.8, 4) is 5.88 Å². The molecule has 1 aliphatic rings. The van der Waals surface area contributed by atoms with E-state index in [1.165, 1.54) is 23.9 Å². The smallest absolute Gasteiger partial charge is 0.274 e. The first-order chi connectivity index (χ1) is 13.1. The van der Waals surface area contributed by atoms with Crippen LogP contribution in [0.3, 0.4) is 0 Å². The third-order valence-electron chi connectivity index (χ3n) is 4.72. The monoisotopic (exact) mass is 365 g/mol. The number of likely N-dealkylation sites (tertiary alicyclic amines) is 1. The molecule has 0 spiro atoms. The van der Waals surface area contributed by atoms with E-state index in [4.69, 9.17) is 4.74 Å². The lowest BCUT2D eigenvalue weighted by molar-refractivity contribution is 0.0581. The highest BCUT2D eigenvalue weighted by Crippen LogP contribution is 2.25. The third-order valence-corrected chi connectivity index (χ3v) is 4.72. The van der Waals surface area contributed by atoms with Crippen LogP contribution in [0.25, 0.3) is 10.8 Å².